The highest BCUT2D eigenvalue weighted by molar-refractivity contribution is 9.10. The largest absolute Gasteiger partial charge is 0.369 e. The molecular weight excluding hydrogens is 308 g/mol. The second-order valence-electron chi connectivity index (χ2n) is 5.26. The number of piperidine rings is 1. The summed E-state index contributed by atoms with van der Waals surface area (Å²) in [5.74, 6) is 0. The Balaban J connectivity index is 2.21. The van der Waals surface area contributed by atoms with Gasteiger partial charge in [0.2, 0.25) is 0 Å². The molecule has 106 valence electrons. The van der Waals surface area contributed by atoms with Gasteiger partial charge in [-0.2, -0.15) is 5.10 Å². The molecule has 1 aromatic heterocycles. The molecule has 0 bridgehead atoms. The monoisotopic (exact) mass is 328 g/mol. The van der Waals surface area contributed by atoms with Crippen LogP contribution in [0.4, 0.5) is 5.69 Å². The van der Waals surface area contributed by atoms with Crippen molar-refractivity contribution in [3.05, 3.63) is 21.0 Å². The first-order valence-electron chi connectivity index (χ1n) is 6.70. The van der Waals surface area contributed by atoms with Crippen LogP contribution in [0.5, 0.6) is 0 Å². The fraction of sp³-hybridized carbons (Fsp3) is 0.692. The smallest absolute Gasteiger partial charge is 0.283 e. The normalized spacial score (nSPS) is 18.6. The first-order valence-corrected chi connectivity index (χ1v) is 7.49. The van der Waals surface area contributed by atoms with E-state index in [9.17, 15) is 4.79 Å². The van der Waals surface area contributed by atoms with Crippen molar-refractivity contribution in [2.45, 2.75) is 38.8 Å². The molecule has 1 saturated heterocycles. The molecule has 6 heteroatoms. The summed E-state index contributed by atoms with van der Waals surface area (Å²) in [5.41, 5.74) is 1.06. The summed E-state index contributed by atoms with van der Waals surface area (Å²) in [6, 6.07) is 0. The van der Waals surface area contributed by atoms with Crippen molar-refractivity contribution in [2.75, 3.05) is 25.0 Å². The Morgan fingerprint density at radius 3 is 2.63 bits per heavy atom. The van der Waals surface area contributed by atoms with Crippen molar-refractivity contribution in [1.29, 1.82) is 0 Å². The minimum Gasteiger partial charge on any atom is -0.369 e. The van der Waals surface area contributed by atoms with Crippen LogP contribution in [0.25, 0.3) is 0 Å². The molecule has 1 fully saturated rings. The SMILES string of the molecule is CCn1ncc(N2CCC(C)(NC)CC2)c(Br)c1=O. The van der Waals surface area contributed by atoms with Crippen LogP contribution in [-0.4, -0.2) is 35.5 Å². The topological polar surface area (TPSA) is 50.2 Å². The third kappa shape index (κ3) is 2.84. The van der Waals surface area contributed by atoms with E-state index < -0.39 is 0 Å². The number of hydrogen-bond donors (Lipinski definition) is 1. The van der Waals surface area contributed by atoms with Gasteiger partial charge >= 0.3 is 0 Å². The van der Waals surface area contributed by atoms with E-state index in [2.05, 4.69) is 38.2 Å². The minimum atomic E-state index is -0.0537. The Kier molecular flexibility index (Phi) is 4.30. The maximum absolute atomic E-state index is 12.1. The van der Waals surface area contributed by atoms with Gasteiger partial charge in [-0.1, -0.05) is 0 Å². The zero-order valence-electron chi connectivity index (χ0n) is 11.7. The number of nitrogens with one attached hydrogen (secondary N) is 1. The zero-order chi connectivity index (χ0) is 14.0. The Labute approximate surface area is 122 Å². The summed E-state index contributed by atoms with van der Waals surface area (Å²) >= 11 is 3.42. The lowest BCUT2D eigenvalue weighted by molar-refractivity contribution is 0.305. The molecule has 19 heavy (non-hydrogen) atoms. The van der Waals surface area contributed by atoms with Gasteiger partial charge in [0.1, 0.15) is 4.47 Å². The Morgan fingerprint density at radius 1 is 1.47 bits per heavy atom. The van der Waals surface area contributed by atoms with Crippen molar-refractivity contribution in [3.63, 3.8) is 0 Å². The Hall–Kier alpha value is -0.880. The molecule has 1 aliphatic heterocycles. The van der Waals surface area contributed by atoms with E-state index in [1.807, 2.05) is 14.0 Å². The predicted molar refractivity (Wildman–Crippen MR) is 80.8 cm³/mol. The molecule has 2 rings (SSSR count). The molecule has 0 aliphatic carbocycles. The van der Waals surface area contributed by atoms with E-state index in [1.165, 1.54) is 4.68 Å². The third-order valence-corrected chi connectivity index (χ3v) is 4.82. The molecule has 1 aromatic rings. The Morgan fingerprint density at radius 2 is 2.11 bits per heavy atom. The van der Waals surface area contributed by atoms with Crippen LogP contribution in [-0.2, 0) is 6.54 Å². The first-order chi connectivity index (χ1) is 9.00. The molecule has 1 aliphatic rings. The molecular formula is C13H21BrN4O. The van der Waals surface area contributed by atoms with Crippen molar-refractivity contribution in [3.8, 4) is 0 Å². The standard InChI is InChI=1S/C13H21BrN4O/c1-4-18-12(19)11(14)10(9-16-18)17-7-5-13(2,15-3)6-8-17/h9,15H,4-8H2,1-3H3. The molecule has 0 amide bonds. The van der Waals surface area contributed by atoms with Crippen molar-refractivity contribution in [2.24, 2.45) is 0 Å². The van der Waals surface area contributed by atoms with E-state index in [0.717, 1.165) is 31.6 Å². The number of nitrogens with zero attached hydrogens (tertiary/aromatic N) is 3. The average molecular weight is 329 g/mol. The zero-order valence-corrected chi connectivity index (χ0v) is 13.3. The average Bonchev–Trinajstić information content (AvgIpc) is 2.43. The predicted octanol–water partition coefficient (Wildman–Crippen LogP) is 1.60. The minimum absolute atomic E-state index is 0.0537. The summed E-state index contributed by atoms with van der Waals surface area (Å²) in [7, 11) is 2.01. The lowest BCUT2D eigenvalue weighted by Gasteiger charge is -2.40. The summed E-state index contributed by atoms with van der Waals surface area (Å²) in [4.78, 5) is 14.3. The molecule has 0 spiro atoms. The molecule has 1 N–H and O–H groups in total. The number of halogens is 1. The van der Waals surface area contributed by atoms with Gasteiger partial charge < -0.3 is 10.2 Å². The quantitative estimate of drug-likeness (QED) is 0.915. The molecule has 0 aromatic carbocycles. The fourth-order valence-electron chi connectivity index (χ4n) is 2.39. The van der Waals surface area contributed by atoms with E-state index >= 15 is 0 Å². The number of aryl methyl sites for hydroxylation is 1. The molecule has 2 heterocycles. The first kappa shape index (κ1) is 14.5. The lowest BCUT2D eigenvalue weighted by atomic mass is 9.90. The second-order valence-corrected chi connectivity index (χ2v) is 6.06. The van der Waals surface area contributed by atoms with Gasteiger partial charge in [0.15, 0.2) is 0 Å². The molecule has 5 nitrogen and oxygen atoms in total. The van der Waals surface area contributed by atoms with Gasteiger partial charge in [0, 0.05) is 25.2 Å². The highest BCUT2D eigenvalue weighted by Crippen LogP contribution is 2.28. The number of hydrogen-bond acceptors (Lipinski definition) is 4. The molecule has 0 atom stereocenters. The van der Waals surface area contributed by atoms with Crippen LogP contribution < -0.4 is 15.8 Å². The van der Waals surface area contributed by atoms with Crippen LogP contribution in [0.1, 0.15) is 26.7 Å². The van der Waals surface area contributed by atoms with Gasteiger partial charge in [-0.3, -0.25) is 4.79 Å². The number of rotatable bonds is 3. The summed E-state index contributed by atoms with van der Waals surface area (Å²) in [6.45, 7) is 6.63. The Bertz CT molecular complexity index is 506. The van der Waals surface area contributed by atoms with Gasteiger partial charge in [0.25, 0.3) is 5.56 Å². The van der Waals surface area contributed by atoms with Gasteiger partial charge in [-0.15, -0.1) is 0 Å². The van der Waals surface area contributed by atoms with Crippen LogP contribution in [0.3, 0.4) is 0 Å². The van der Waals surface area contributed by atoms with E-state index in [1.54, 1.807) is 6.20 Å². The van der Waals surface area contributed by atoms with Gasteiger partial charge in [0.05, 0.1) is 11.9 Å². The highest BCUT2D eigenvalue weighted by Gasteiger charge is 2.29. The van der Waals surface area contributed by atoms with Crippen LogP contribution >= 0.6 is 15.9 Å². The number of aromatic nitrogens is 2. The highest BCUT2D eigenvalue weighted by atomic mass is 79.9. The number of anilines is 1. The van der Waals surface area contributed by atoms with Crippen molar-refractivity contribution < 1.29 is 0 Å². The third-order valence-electron chi connectivity index (χ3n) is 4.08. The van der Waals surface area contributed by atoms with Crippen molar-refractivity contribution in [1.82, 2.24) is 15.1 Å². The van der Waals surface area contributed by atoms with Crippen molar-refractivity contribution >= 4 is 21.6 Å². The molecule has 0 saturated carbocycles. The van der Waals surface area contributed by atoms with Crippen LogP contribution in [0, 0.1) is 0 Å². The van der Waals surface area contributed by atoms with Gasteiger partial charge in [-0.05, 0) is 49.7 Å². The summed E-state index contributed by atoms with van der Waals surface area (Å²) in [5, 5.41) is 7.58. The fourth-order valence-corrected chi connectivity index (χ4v) is 2.95. The van der Waals surface area contributed by atoms with E-state index in [4.69, 9.17) is 0 Å². The summed E-state index contributed by atoms with van der Waals surface area (Å²) < 4.78 is 2.09. The maximum atomic E-state index is 12.1. The summed E-state index contributed by atoms with van der Waals surface area (Å²) in [6.07, 6.45) is 3.91. The second kappa shape index (κ2) is 5.63. The molecule has 0 radical (unpaired) electrons. The van der Waals surface area contributed by atoms with E-state index in [0.29, 0.717) is 11.0 Å². The van der Waals surface area contributed by atoms with E-state index in [-0.39, 0.29) is 11.1 Å². The lowest BCUT2D eigenvalue weighted by Crippen LogP contribution is -2.50. The van der Waals surface area contributed by atoms with Crippen LogP contribution in [0.15, 0.2) is 15.5 Å². The molecule has 0 unspecified atom stereocenters. The van der Waals surface area contributed by atoms with Gasteiger partial charge in [-0.25, -0.2) is 4.68 Å². The van der Waals surface area contributed by atoms with Crippen LogP contribution in [0.2, 0.25) is 0 Å². The maximum Gasteiger partial charge on any atom is 0.283 e.